The van der Waals surface area contributed by atoms with E-state index in [0.29, 0.717) is 26.5 Å². The molecule has 0 atom stereocenters. The molecule has 0 amide bonds. The fourth-order valence-electron chi connectivity index (χ4n) is 1.51. The van der Waals surface area contributed by atoms with Crippen molar-refractivity contribution in [3.63, 3.8) is 0 Å². The van der Waals surface area contributed by atoms with Crippen molar-refractivity contribution < 1.29 is 9.13 Å². The molecule has 0 aliphatic rings. The second-order valence-corrected chi connectivity index (χ2v) is 5.16. The number of ether oxygens (including phenoxy) is 1. The van der Waals surface area contributed by atoms with Crippen LogP contribution in [0.25, 0.3) is 4.85 Å². The number of rotatable bonds is 2. The van der Waals surface area contributed by atoms with Crippen LogP contribution in [0, 0.1) is 19.3 Å². The first-order chi connectivity index (χ1) is 9.01. The molecule has 0 aromatic heterocycles. The van der Waals surface area contributed by atoms with Gasteiger partial charge in [0.2, 0.25) is 0 Å². The minimum Gasteiger partial charge on any atom is -0.454 e. The molecule has 96 valence electrons. The first kappa shape index (κ1) is 13.9. The highest BCUT2D eigenvalue weighted by molar-refractivity contribution is 9.10. The molecule has 0 saturated carbocycles. The molecule has 0 N–H and O–H groups in total. The zero-order valence-electron chi connectivity index (χ0n) is 9.88. The SMILES string of the molecule is [C-]#[N+]c1cc(Cl)cc(Oc2c(Br)ccc(C)c2F)c1. The van der Waals surface area contributed by atoms with Crippen molar-refractivity contribution in [1.82, 2.24) is 0 Å². The fourth-order valence-corrected chi connectivity index (χ4v) is 2.12. The van der Waals surface area contributed by atoms with Gasteiger partial charge in [-0.2, -0.15) is 0 Å². The van der Waals surface area contributed by atoms with E-state index in [4.69, 9.17) is 22.9 Å². The van der Waals surface area contributed by atoms with Crippen LogP contribution >= 0.6 is 27.5 Å². The lowest BCUT2D eigenvalue weighted by Gasteiger charge is -2.11. The van der Waals surface area contributed by atoms with Gasteiger partial charge in [0.05, 0.1) is 11.0 Å². The van der Waals surface area contributed by atoms with Gasteiger partial charge in [0, 0.05) is 5.02 Å². The van der Waals surface area contributed by atoms with Crippen molar-refractivity contribution in [2.45, 2.75) is 6.92 Å². The van der Waals surface area contributed by atoms with Crippen molar-refractivity contribution in [1.29, 1.82) is 0 Å². The van der Waals surface area contributed by atoms with Crippen molar-refractivity contribution in [3.05, 3.63) is 62.6 Å². The van der Waals surface area contributed by atoms with Gasteiger partial charge < -0.3 is 4.74 Å². The normalized spacial score (nSPS) is 10.1. The Kier molecular flexibility index (Phi) is 4.08. The molecule has 0 fully saturated rings. The summed E-state index contributed by atoms with van der Waals surface area (Å²) in [4.78, 5) is 3.28. The second-order valence-electron chi connectivity index (χ2n) is 3.87. The average Bonchev–Trinajstić information content (AvgIpc) is 2.38. The molecule has 2 nitrogen and oxygen atoms in total. The van der Waals surface area contributed by atoms with Gasteiger partial charge in [0.1, 0.15) is 5.75 Å². The summed E-state index contributed by atoms with van der Waals surface area (Å²) in [6.07, 6.45) is 0. The van der Waals surface area contributed by atoms with Gasteiger partial charge in [-0.15, -0.1) is 0 Å². The minimum absolute atomic E-state index is 0.0817. The summed E-state index contributed by atoms with van der Waals surface area (Å²) in [5.74, 6) is -0.0411. The maximum Gasteiger partial charge on any atom is 0.192 e. The van der Waals surface area contributed by atoms with Gasteiger partial charge >= 0.3 is 0 Å². The predicted molar refractivity (Wildman–Crippen MR) is 76.6 cm³/mol. The summed E-state index contributed by atoms with van der Waals surface area (Å²) in [6, 6.07) is 7.91. The summed E-state index contributed by atoms with van der Waals surface area (Å²) in [6.45, 7) is 8.61. The van der Waals surface area contributed by atoms with Crippen molar-refractivity contribution in [3.8, 4) is 11.5 Å². The lowest BCUT2D eigenvalue weighted by Crippen LogP contribution is -1.92. The Balaban J connectivity index is 2.45. The van der Waals surface area contributed by atoms with E-state index in [1.807, 2.05) is 0 Å². The number of nitrogens with zero attached hydrogens (tertiary/aromatic N) is 1. The molecule has 19 heavy (non-hydrogen) atoms. The predicted octanol–water partition coefficient (Wildman–Crippen LogP) is 5.89. The number of hydrogen-bond acceptors (Lipinski definition) is 1. The van der Waals surface area contributed by atoms with Gasteiger partial charge in [-0.1, -0.05) is 17.7 Å². The maximum atomic E-state index is 14.0. The second kappa shape index (κ2) is 5.60. The molecule has 5 heteroatoms. The minimum atomic E-state index is -0.446. The Bertz CT molecular complexity index is 682. The van der Waals surface area contributed by atoms with E-state index in [9.17, 15) is 4.39 Å². The Morgan fingerprint density at radius 3 is 2.74 bits per heavy atom. The number of benzene rings is 2. The van der Waals surface area contributed by atoms with E-state index < -0.39 is 5.82 Å². The van der Waals surface area contributed by atoms with E-state index in [1.165, 1.54) is 18.2 Å². The van der Waals surface area contributed by atoms with Crippen molar-refractivity contribution >= 4 is 33.2 Å². The highest BCUT2D eigenvalue weighted by Crippen LogP contribution is 2.36. The quantitative estimate of drug-likeness (QED) is 0.621. The smallest absolute Gasteiger partial charge is 0.192 e. The fraction of sp³-hybridized carbons (Fsp3) is 0.0714. The van der Waals surface area contributed by atoms with Gasteiger partial charge in [0.15, 0.2) is 17.3 Å². The summed E-state index contributed by atoms with van der Waals surface area (Å²) >= 11 is 9.11. The zero-order valence-corrected chi connectivity index (χ0v) is 12.2. The van der Waals surface area contributed by atoms with E-state index in [1.54, 1.807) is 19.1 Å². The van der Waals surface area contributed by atoms with Crippen LogP contribution in [0.1, 0.15) is 5.56 Å². The first-order valence-electron chi connectivity index (χ1n) is 5.32. The van der Waals surface area contributed by atoms with Crippen LogP contribution in [-0.2, 0) is 0 Å². The summed E-state index contributed by atoms with van der Waals surface area (Å²) in [7, 11) is 0. The third kappa shape index (κ3) is 3.06. The van der Waals surface area contributed by atoms with Gasteiger partial charge in [-0.05, 0) is 52.7 Å². The number of halogens is 3. The average molecular weight is 341 g/mol. The van der Waals surface area contributed by atoms with Crippen LogP contribution in [0.3, 0.4) is 0 Å². The van der Waals surface area contributed by atoms with Crippen molar-refractivity contribution in [2.24, 2.45) is 0 Å². The maximum absolute atomic E-state index is 14.0. The summed E-state index contributed by atoms with van der Waals surface area (Å²) in [5.41, 5.74) is 0.817. The first-order valence-corrected chi connectivity index (χ1v) is 6.49. The van der Waals surface area contributed by atoms with Gasteiger partial charge in [-0.25, -0.2) is 9.24 Å². The zero-order chi connectivity index (χ0) is 14.0. The highest BCUT2D eigenvalue weighted by atomic mass is 79.9. The molecule has 2 rings (SSSR count). The number of hydrogen-bond donors (Lipinski definition) is 0. The molecule has 0 unspecified atom stereocenters. The largest absolute Gasteiger partial charge is 0.454 e. The standard InChI is InChI=1S/C14H8BrClFNO/c1-8-3-4-12(15)14(13(8)17)19-11-6-9(16)5-10(7-11)18-2/h3-7H,1H3. The molecule has 2 aromatic carbocycles. The molecule has 0 radical (unpaired) electrons. The molecule has 0 heterocycles. The Labute approximate surface area is 123 Å². The van der Waals surface area contributed by atoms with Crippen LogP contribution in [-0.4, -0.2) is 0 Å². The van der Waals surface area contributed by atoms with Crippen molar-refractivity contribution in [2.75, 3.05) is 0 Å². The molecule has 2 aromatic rings. The third-order valence-corrected chi connectivity index (χ3v) is 3.29. The Hall–Kier alpha value is -1.57. The molecular formula is C14H8BrClFNO. The van der Waals surface area contributed by atoms with Crippen LogP contribution in [0.5, 0.6) is 11.5 Å². The topological polar surface area (TPSA) is 13.6 Å². The summed E-state index contributed by atoms with van der Waals surface area (Å²) in [5, 5.41) is 0.368. The van der Waals surface area contributed by atoms with E-state index >= 15 is 0 Å². The van der Waals surface area contributed by atoms with Crippen LogP contribution < -0.4 is 4.74 Å². The molecule has 0 bridgehead atoms. The van der Waals surface area contributed by atoms with E-state index in [-0.39, 0.29) is 5.75 Å². The highest BCUT2D eigenvalue weighted by Gasteiger charge is 2.13. The van der Waals surface area contributed by atoms with E-state index in [0.717, 1.165) is 0 Å². The monoisotopic (exact) mass is 339 g/mol. The molecular weight excluding hydrogens is 333 g/mol. The molecule has 0 saturated heterocycles. The van der Waals surface area contributed by atoms with E-state index in [2.05, 4.69) is 20.8 Å². The van der Waals surface area contributed by atoms with Gasteiger partial charge in [-0.3, -0.25) is 0 Å². The Morgan fingerprint density at radius 1 is 1.32 bits per heavy atom. The Morgan fingerprint density at radius 2 is 2.05 bits per heavy atom. The summed E-state index contributed by atoms with van der Waals surface area (Å²) < 4.78 is 20.0. The van der Waals surface area contributed by atoms with Gasteiger partial charge in [0.25, 0.3) is 0 Å². The molecule has 0 aliphatic carbocycles. The molecule has 0 spiro atoms. The number of aryl methyl sites for hydroxylation is 1. The lowest BCUT2D eigenvalue weighted by atomic mass is 10.2. The van der Waals surface area contributed by atoms with Crippen LogP contribution in [0.2, 0.25) is 5.02 Å². The molecule has 0 aliphatic heterocycles. The van der Waals surface area contributed by atoms with Crippen LogP contribution in [0.4, 0.5) is 10.1 Å². The van der Waals surface area contributed by atoms with Crippen LogP contribution in [0.15, 0.2) is 34.8 Å². The third-order valence-electron chi connectivity index (χ3n) is 2.45. The lowest BCUT2D eigenvalue weighted by molar-refractivity contribution is 0.437.